The minimum atomic E-state index is -0.748. The quantitative estimate of drug-likeness (QED) is 0.448. The van der Waals surface area contributed by atoms with Gasteiger partial charge in [-0.1, -0.05) is 12.1 Å². The first-order chi connectivity index (χ1) is 4.22. The highest BCUT2D eigenvalue weighted by Crippen LogP contribution is 1.98. The highest BCUT2D eigenvalue weighted by atomic mass is 28.1. The van der Waals surface area contributed by atoms with Crippen LogP contribution in [0.2, 0.25) is 0 Å². The molecule has 0 spiro atoms. The van der Waals surface area contributed by atoms with Crippen LogP contribution in [0.15, 0.2) is 18.2 Å². The summed E-state index contributed by atoms with van der Waals surface area (Å²) in [6, 6.07) is 4.22. The standard InChI is InChI=1S/C6H6F2Si/c7-4-2-1-3-5(9)6(4)8/h1-3H,9H3. The van der Waals surface area contributed by atoms with E-state index >= 15 is 0 Å². The van der Waals surface area contributed by atoms with Crippen molar-refractivity contribution in [3.8, 4) is 0 Å². The summed E-state index contributed by atoms with van der Waals surface area (Å²) in [5.74, 6) is -1.44. The fraction of sp³-hybridized carbons (Fsp3) is 0. The first-order valence-corrected chi connectivity index (χ1v) is 3.62. The fourth-order valence-corrected chi connectivity index (χ4v) is 1.04. The first-order valence-electron chi connectivity index (χ1n) is 2.62. The summed E-state index contributed by atoms with van der Waals surface area (Å²) in [7, 11) is 0.560. The fourth-order valence-electron chi connectivity index (χ4n) is 0.612. The summed E-state index contributed by atoms with van der Waals surface area (Å²) in [6.45, 7) is 0. The minimum Gasteiger partial charge on any atom is -0.204 e. The van der Waals surface area contributed by atoms with E-state index in [1.807, 2.05) is 0 Å². The predicted molar refractivity (Wildman–Crippen MR) is 35.9 cm³/mol. The van der Waals surface area contributed by atoms with Gasteiger partial charge in [0.1, 0.15) is 0 Å². The third kappa shape index (κ3) is 1.16. The van der Waals surface area contributed by atoms with Crippen LogP contribution in [-0.2, 0) is 0 Å². The molecule has 0 atom stereocenters. The van der Waals surface area contributed by atoms with Gasteiger partial charge in [-0.25, -0.2) is 8.78 Å². The summed E-state index contributed by atoms with van der Waals surface area (Å²) < 4.78 is 24.6. The van der Waals surface area contributed by atoms with Crippen molar-refractivity contribution in [3.63, 3.8) is 0 Å². The van der Waals surface area contributed by atoms with Crippen molar-refractivity contribution < 1.29 is 8.78 Å². The average Bonchev–Trinajstić information content (AvgIpc) is 1.83. The zero-order chi connectivity index (χ0) is 6.85. The second-order valence-electron chi connectivity index (χ2n) is 1.87. The Morgan fingerprint density at radius 2 is 1.89 bits per heavy atom. The lowest BCUT2D eigenvalue weighted by Crippen LogP contribution is -2.09. The number of hydrogen-bond acceptors (Lipinski definition) is 0. The lowest BCUT2D eigenvalue weighted by Gasteiger charge is -1.93. The molecule has 1 rings (SSSR count). The van der Waals surface area contributed by atoms with Gasteiger partial charge in [-0.15, -0.1) is 0 Å². The van der Waals surface area contributed by atoms with Crippen molar-refractivity contribution in [1.29, 1.82) is 0 Å². The molecule has 0 saturated carbocycles. The Morgan fingerprint density at radius 3 is 2.33 bits per heavy atom. The normalized spacial score (nSPS) is 10.0. The van der Waals surface area contributed by atoms with Crippen LogP contribution in [0, 0.1) is 11.6 Å². The monoisotopic (exact) mass is 144 g/mol. The van der Waals surface area contributed by atoms with E-state index < -0.39 is 11.6 Å². The molecule has 0 bridgehead atoms. The van der Waals surface area contributed by atoms with E-state index in [1.54, 1.807) is 6.07 Å². The van der Waals surface area contributed by atoms with Gasteiger partial charge in [-0.3, -0.25) is 0 Å². The number of halogens is 2. The van der Waals surface area contributed by atoms with E-state index in [4.69, 9.17) is 0 Å². The van der Waals surface area contributed by atoms with Crippen molar-refractivity contribution in [2.24, 2.45) is 0 Å². The second kappa shape index (κ2) is 2.27. The van der Waals surface area contributed by atoms with Gasteiger partial charge in [-0.2, -0.15) is 0 Å². The van der Waals surface area contributed by atoms with Gasteiger partial charge in [0.25, 0.3) is 0 Å². The molecule has 48 valence electrons. The van der Waals surface area contributed by atoms with Crippen LogP contribution in [-0.4, -0.2) is 10.2 Å². The van der Waals surface area contributed by atoms with Crippen LogP contribution in [0.5, 0.6) is 0 Å². The Bertz CT molecular complexity index is 202. The van der Waals surface area contributed by atoms with Gasteiger partial charge in [0.05, 0.1) is 0 Å². The first kappa shape index (κ1) is 6.42. The van der Waals surface area contributed by atoms with Crippen LogP contribution in [0.3, 0.4) is 0 Å². The Kier molecular flexibility index (Phi) is 1.62. The lowest BCUT2D eigenvalue weighted by atomic mass is 10.3. The smallest absolute Gasteiger partial charge is 0.158 e. The SMILES string of the molecule is Fc1cccc([SiH3])c1F. The van der Waals surface area contributed by atoms with Crippen molar-refractivity contribution in [3.05, 3.63) is 29.8 Å². The molecule has 0 saturated heterocycles. The zero-order valence-electron chi connectivity index (χ0n) is 4.99. The maximum atomic E-state index is 12.4. The number of rotatable bonds is 0. The molecule has 0 fully saturated rings. The van der Waals surface area contributed by atoms with Gasteiger partial charge < -0.3 is 0 Å². The van der Waals surface area contributed by atoms with Crippen LogP contribution >= 0.6 is 0 Å². The van der Waals surface area contributed by atoms with Crippen molar-refractivity contribution in [2.45, 2.75) is 0 Å². The molecule has 1 aromatic rings. The van der Waals surface area contributed by atoms with Crippen LogP contribution in [0.4, 0.5) is 8.78 Å². The number of benzene rings is 1. The molecule has 0 unspecified atom stereocenters. The van der Waals surface area contributed by atoms with Crippen molar-refractivity contribution >= 4 is 15.4 Å². The Hall–Kier alpha value is -0.703. The lowest BCUT2D eigenvalue weighted by molar-refractivity contribution is 0.514. The van der Waals surface area contributed by atoms with Gasteiger partial charge in [-0.05, 0) is 11.3 Å². The van der Waals surface area contributed by atoms with E-state index in [2.05, 4.69) is 0 Å². The summed E-state index contributed by atoms with van der Waals surface area (Å²) in [5, 5.41) is 0.481. The van der Waals surface area contributed by atoms with Gasteiger partial charge in [0.2, 0.25) is 0 Å². The van der Waals surface area contributed by atoms with E-state index in [9.17, 15) is 8.78 Å². The second-order valence-corrected chi connectivity index (χ2v) is 2.95. The Morgan fingerprint density at radius 1 is 1.22 bits per heavy atom. The highest BCUT2D eigenvalue weighted by molar-refractivity contribution is 6.32. The molecule has 1 aromatic carbocycles. The molecule has 0 aliphatic carbocycles. The van der Waals surface area contributed by atoms with E-state index in [0.29, 0.717) is 15.4 Å². The molecular formula is C6H6F2Si. The molecule has 9 heavy (non-hydrogen) atoms. The average molecular weight is 144 g/mol. The maximum absolute atomic E-state index is 12.4. The molecule has 0 amide bonds. The molecular weight excluding hydrogens is 138 g/mol. The van der Waals surface area contributed by atoms with Gasteiger partial charge in [0, 0.05) is 10.2 Å². The Labute approximate surface area is 54.9 Å². The molecule has 0 N–H and O–H groups in total. The summed E-state index contributed by atoms with van der Waals surface area (Å²) in [4.78, 5) is 0. The van der Waals surface area contributed by atoms with Crippen LogP contribution < -0.4 is 5.19 Å². The highest BCUT2D eigenvalue weighted by Gasteiger charge is 2.00. The molecule has 0 nitrogen and oxygen atoms in total. The zero-order valence-corrected chi connectivity index (χ0v) is 6.99. The van der Waals surface area contributed by atoms with E-state index in [1.165, 1.54) is 6.07 Å². The number of hydrogen-bond donors (Lipinski definition) is 0. The summed E-state index contributed by atoms with van der Waals surface area (Å²) in [5.41, 5.74) is 0. The maximum Gasteiger partial charge on any atom is 0.158 e. The molecule has 0 heterocycles. The van der Waals surface area contributed by atoms with Crippen molar-refractivity contribution in [1.82, 2.24) is 0 Å². The summed E-state index contributed by atoms with van der Waals surface area (Å²) in [6.07, 6.45) is 0. The van der Waals surface area contributed by atoms with Gasteiger partial charge >= 0.3 is 0 Å². The molecule has 3 heteroatoms. The van der Waals surface area contributed by atoms with Crippen LogP contribution in [0.25, 0.3) is 0 Å². The van der Waals surface area contributed by atoms with Crippen molar-refractivity contribution in [2.75, 3.05) is 0 Å². The van der Waals surface area contributed by atoms with E-state index in [0.717, 1.165) is 6.07 Å². The molecule has 0 aromatic heterocycles. The Balaban J connectivity index is 3.25. The molecule has 0 radical (unpaired) electrons. The molecule has 0 aliphatic rings. The largest absolute Gasteiger partial charge is 0.204 e. The topological polar surface area (TPSA) is 0 Å². The third-order valence-electron chi connectivity index (χ3n) is 1.14. The van der Waals surface area contributed by atoms with E-state index in [-0.39, 0.29) is 0 Å². The molecule has 0 aliphatic heterocycles. The van der Waals surface area contributed by atoms with Crippen LogP contribution in [0.1, 0.15) is 0 Å². The minimum absolute atomic E-state index is 0.481. The third-order valence-corrected chi connectivity index (χ3v) is 1.92. The van der Waals surface area contributed by atoms with Gasteiger partial charge in [0.15, 0.2) is 11.6 Å². The predicted octanol–water partition coefficient (Wildman–Crippen LogP) is -0.0445. The summed E-state index contributed by atoms with van der Waals surface area (Å²) >= 11 is 0.